The van der Waals surface area contributed by atoms with E-state index in [1.807, 2.05) is 0 Å². The summed E-state index contributed by atoms with van der Waals surface area (Å²) in [4.78, 5) is 9.32. The molecule has 1 N–H and O–H groups in total. The zero-order chi connectivity index (χ0) is 12.8. The first-order valence-electron chi connectivity index (χ1n) is 6.47. The Bertz CT molecular complexity index is 362. The van der Waals surface area contributed by atoms with Gasteiger partial charge in [-0.25, -0.2) is 9.97 Å². The maximum absolute atomic E-state index is 4.68. The fourth-order valence-corrected chi connectivity index (χ4v) is 2.47. The number of hydrogen-bond donors (Lipinski definition) is 1. The van der Waals surface area contributed by atoms with Crippen LogP contribution in [-0.4, -0.2) is 16.5 Å². The fraction of sp³-hybridized carbons (Fsp3) is 0.692. The summed E-state index contributed by atoms with van der Waals surface area (Å²) in [6.45, 7) is 9.47. The molecule has 17 heavy (non-hydrogen) atoms. The largest absolute Gasteiger partial charge is 0.369 e. The molecule has 0 radical (unpaired) electrons. The molecule has 0 amide bonds. The zero-order valence-electron chi connectivity index (χ0n) is 11.2. The van der Waals surface area contributed by atoms with Crippen LogP contribution in [-0.2, 0) is 6.42 Å². The van der Waals surface area contributed by atoms with Crippen molar-refractivity contribution in [3.63, 3.8) is 0 Å². The molecule has 0 bridgehead atoms. The number of aryl methyl sites for hydroxylation is 1. The molecule has 3 nitrogen and oxygen atoms in total. The highest BCUT2D eigenvalue weighted by Crippen LogP contribution is 2.28. The van der Waals surface area contributed by atoms with Gasteiger partial charge in [-0.1, -0.05) is 20.8 Å². The van der Waals surface area contributed by atoms with E-state index in [0.717, 1.165) is 47.6 Å². The van der Waals surface area contributed by atoms with Gasteiger partial charge in [0.1, 0.15) is 11.6 Å². The van der Waals surface area contributed by atoms with Gasteiger partial charge in [-0.15, -0.1) is 0 Å². The summed E-state index contributed by atoms with van der Waals surface area (Å²) in [6, 6.07) is 0. The Morgan fingerprint density at radius 3 is 2.24 bits per heavy atom. The Morgan fingerprint density at radius 1 is 1.12 bits per heavy atom. The molecule has 0 atom stereocenters. The summed E-state index contributed by atoms with van der Waals surface area (Å²) < 4.78 is 1.01. The molecular weight excluding hydrogens is 278 g/mol. The normalized spacial score (nSPS) is 10.9. The minimum Gasteiger partial charge on any atom is -0.369 e. The molecule has 0 spiro atoms. The van der Waals surface area contributed by atoms with E-state index >= 15 is 0 Å². The standard InChI is InChI=1S/C13H22BrN3/c1-5-9(6-2)12-16-10(7-3)11(14)13(17-12)15-8-4/h9H,5-8H2,1-4H3,(H,15,16,17). The average Bonchev–Trinajstić information content (AvgIpc) is 2.34. The van der Waals surface area contributed by atoms with Crippen LogP contribution >= 0.6 is 15.9 Å². The lowest BCUT2D eigenvalue weighted by Gasteiger charge is -2.16. The maximum Gasteiger partial charge on any atom is 0.144 e. The third kappa shape index (κ3) is 3.41. The van der Waals surface area contributed by atoms with Gasteiger partial charge in [0.25, 0.3) is 0 Å². The Kier molecular flexibility index (Phi) is 5.89. The quantitative estimate of drug-likeness (QED) is 0.858. The van der Waals surface area contributed by atoms with Gasteiger partial charge in [0.05, 0.1) is 10.2 Å². The van der Waals surface area contributed by atoms with Crippen molar-refractivity contribution in [2.24, 2.45) is 0 Å². The smallest absolute Gasteiger partial charge is 0.144 e. The van der Waals surface area contributed by atoms with Gasteiger partial charge in [0.2, 0.25) is 0 Å². The Labute approximate surface area is 113 Å². The lowest BCUT2D eigenvalue weighted by atomic mass is 10.0. The molecule has 0 aliphatic carbocycles. The number of aromatic nitrogens is 2. The van der Waals surface area contributed by atoms with Crippen molar-refractivity contribution < 1.29 is 0 Å². The van der Waals surface area contributed by atoms with Gasteiger partial charge in [-0.05, 0) is 42.1 Å². The van der Waals surface area contributed by atoms with Crippen molar-refractivity contribution in [1.82, 2.24) is 9.97 Å². The molecule has 1 aromatic heterocycles. The number of halogens is 1. The molecule has 0 fully saturated rings. The van der Waals surface area contributed by atoms with E-state index in [1.54, 1.807) is 0 Å². The highest BCUT2D eigenvalue weighted by molar-refractivity contribution is 9.10. The van der Waals surface area contributed by atoms with Gasteiger partial charge in [0, 0.05) is 12.5 Å². The molecule has 0 aliphatic heterocycles. The van der Waals surface area contributed by atoms with Crippen molar-refractivity contribution >= 4 is 21.7 Å². The van der Waals surface area contributed by atoms with E-state index in [4.69, 9.17) is 0 Å². The summed E-state index contributed by atoms with van der Waals surface area (Å²) in [7, 11) is 0. The molecule has 0 unspecified atom stereocenters. The first-order valence-corrected chi connectivity index (χ1v) is 7.27. The van der Waals surface area contributed by atoms with Gasteiger partial charge < -0.3 is 5.32 Å². The number of anilines is 1. The van der Waals surface area contributed by atoms with Crippen LogP contribution < -0.4 is 5.32 Å². The number of hydrogen-bond acceptors (Lipinski definition) is 3. The molecule has 96 valence electrons. The predicted molar refractivity (Wildman–Crippen MR) is 76.6 cm³/mol. The van der Waals surface area contributed by atoms with E-state index in [9.17, 15) is 0 Å². The predicted octanol–water partition coefficient (Wildman–Crippen LogP) is 4.14. The first-order chi connectivity index (χ1) is 8.17. The highest BCUT2D eigenvalue weighted by atomic mass is 79.9. The fourth-order valence-electron chi connectivity index (χ4n) is 1.87. The second-order valence-electron chi connectivity index (χ2n) is 4.09. The second-order valence-corrected chi connectivity index (χ2v) is 4.88. The SMILES string of the molecule is CCNc1nc(C(CC)CC)nc(CC)c1Br. The lowest BCUT2D eigenvalue weighted by molar-refractivity contribution is 0.597. The summed E-state index contributed by atoms with van der Waals surface area (Å²) in [5.41, 5.74) is 1.10. The topological polar surface area (TPSA) is 37.8 Å². The summed E-state index contributed by atoms with van der Waals surface area (Å²) in [6.07, 6.45) is 3.11. The summed E-state index contributed by atoms with van der Waals surface area (Å²) in [5.74, 6) is 2.37. The van der Waals surface area contributed by atoms with E-state index in [-0.39, 0.29) is 0 Å². The van der Waals surface area contributed by atoms with Crippen molar-refractivity contribution in [3.05, 3.63) is 16.0 Å². The molecule has 1 heterocycles. The average molecular weight is 300 g/mol. The van der Waals surface area contributed by atoms with Gasteiger partial charge in [-0.3, -0.25) is 0 Å². The van der Waals surface area contributed by atoms with Crippen LogP contribution in [0.1, 0.15) is 58.0 Å². The monoisotopic (exact) mass is 299 g/mol. The minimum absolute atomic E-state index is 0.464. The second kappa shape index (κ2) is 6.94. The van der Waals surface area contributed by atoms with Crippen LogP contribution in [0.3, 0.4) is 0 Å². The van der Waals surface area contributed by atoms with Crippen LogP contribution in [0, 0.1) is 0 Å². The van der Waals surface area contributed by atoms with Crippen molar-refractivity contribution in [2.45, 2.75) is 52.9 Å². The van der Waals surface area contributed by atoms with Crippen LogP contribution in [0.2, 0.25) is 0 Å². The lowest BCUT2D eigenvalue weighted by Crippen LogP contribution is -2.10. The molecule has 0 aliphatic rings. The molecular formula is C13H22BrN3. The third-order valence-electron chi connectivity index (χ3n) is 2.97. The number of rotatable bonds is 6. The first kappa shape index (κ1) is 14.4. The summed E-state index contributed by atoms with van der Waals surface area (Å²) >= 11 is 3.58. The number of nitrogens with zero attached hydrogens (tertiary/aromatic N) is 2. The van der Waals surface area contributed by atoms with Gasteiger partial charge in [-0.2, -0.15) is 0 Å². The van der Waals surface area contributed by atoms with Crippen molar-refractivity contribution in [2.75, 3.05) is 11.9 Å². The Morgan fingerprint density at radius 2 is 1.76 bits per heavy atom. The zero-order valence-corrected chi connectivity index (χ0v) is 12.8. The molecule has 0 aromatic carbocycles. The maximum atomic E-state index is 4.68. The van der Waals surface area contributed by atoms with Crippen LogP contribution in [0.25, 0.3) is 0 Å². The van der Waals surface area contributed by atoms with Crippen molar-refractivity contribution in [3.8, 4) is 0 Å². The Balaban J connectivity index is 3.18. The molecule has 1 rings (SSSR count). The van der Waals surface area contributed by atoms with Gasteiger partial charge in [0.15, 0.2) is 0 Å². The molecule has 0 saturated carbocycles. The molecule has 0 saturated heterocycles. The summed E-state index contributed by atoms with van der Waals surface area (Å²) in [5, 5.41) is 3.30. The van der Waals surface area contributed by atoms with E-state index in [0.29, 0.717) is 5.92 Å². The van der Waals surface area contributed by atoms with Crippen LogP contribution in [0.15, 0.2) is 4.47 Å². The molecule has 4 heteroatoms. The van der Waals surface area contributed by atoms with Crippen molar-refractivity contribution in [1.29, 1.82) is 0 Å². The minimum atomic E-state index is 0.464. The molecule has 1 aromatic rings. The van der Waals surface area contributed by atoms with Gasteiger partial charge >= 0.3 is 0 Å². The third-order valence-corrected chi connectivity index (χ3v) is 3.80. The van der Waals surface area contributed by atoms with E-state index in [2.05, 4.69) is 58.9 Å². The van der Waals surface area contributed by atoms with Crippen LogP contribution in [0.5, 0.6) is 0 Å². The van der Waals surface area contributed by atoms with E-state index < -0.39 is 0 Å². The van der Waals surface area contributed by atoms with E-state index in [1.165, 1.54) is 0 Å². The Hall–Kier alpha value is -0.640. The highest BCUT2D eigenvalue weighted by Gasteiger charge is 2.15. The van der Waals surface area contributed by atoms with Crippen LogP contribution in [0.4, 0.5) is 5.82 Å². The number of nitrogens with one attached hydrogen (secondary N) is 1.